The number of carbonyl (C=O) groups is 1. The average Bonchev–Trinajstić information content (AvgIpc) is 2.93. The first-order valence-corrected chi connectivity index (χ1v) is 6.74. The topological polar surface area (TPSA) is 58.4 Å². The molecule has 5 nitrogen and oxygen atoms in total. The number of pyridine rings is 1. The van der Waals surface area contributed by atoms with Crippen LogP contribution in [0, 0.1) is 5.92 Å². The van der Waals surface area contributed by atoms with Crippen LogP contribution in [-0.4, -0.2) is 34.9 Å². The Morgan fingerprint density at radius 2 is 2.29 bits per heavy atom. The Bertz CT molecular complexity index is 581. The standard InChI is InChI=1S/C14H18N4O.2ClH/c19-14(17-9-11-2-1-5-15-8-11)12-3-4-13-16-6-7-18(13)10-12;;/h3-4,6-7,10-11,15H,1-2,5,8-9H2,(H,17,19);2*1H. The molecule has 1 aliphatic rings. The summed E-state index contributed by atoms with van der Waals surface area (Å²) in [6, 6.07) is 3.67. The summed E-state index contributed by atoms with van der Waals surface area (Å²) < 4.78 is 1.86. The van der Waals surface area contributed by atoms with Gasteiger partial charge in [0.25, 0.3) is 5.91 Å². The van der Waals surface area contributed by atoms with Gasteiger partial charge in [-0.15, -0.1) is 24.8 Å². The number of imidazole rings is 1. The summed E-state index contributed by atoms with van der Waals surface area (Å²) in [6.07, 6.45) is 7.77. The van der Waals surface area contributed by atoms with Crippen LogP contribution >= 0.6 is 24.8 Å². The molecule has 7 heteroatoms. The largest absolute Gasteiger partial charge is 0.352 e. The third-order valence-corrected chi connectivity index (χ3v) is 3.60. The van der Waals surface area contributed by atoms with E-state index in [2.05, 4.69) is 15.6 Å². The van der Waals surface area contributed by atoms with Crippen LogP contribution in [0.4, 0.5) is 0 Å². The average molecular weight is 331 g/mol. The molecule has 3 rings (SSSR count). The van der Waals surface area contributed by atoms with E-state index in [1.165, 1.54) is 12.8 Å². The van der Waals surface area contributed by atoms with Gasteiger partial charge in [0.1, 0.15) is 5.65 Å². The molecule has 1 atom stereocenters. The molecule has 21 heavy (non-hydrogen) atoms. The van der Waals surface area contributed by atoms with Crippen LogP contribution in [0.2, 0.25) is 0 Å². The normalized spacial score (nSPS) is 17.6. The fourth-order valence-corrected chi connectivity index (χ4v) is 2.49. The summed E-state index contributed by atoms with van der Waals surface area (Å²) in [5.74, 6) is 0.538. The van der Waals surface area contributed by atoms with Crippen LogP contribution in [0.15, 0.2) is 30.7 Å². The van der Waals surface area contributed by atoms with Crippen molar-refractivity contribution in [3.8, 4) is 0 Å². The Morgan fingerprint density at radius 1 is 1.43 bits per heavy atom. The number of fused-ring (bicyclic) bond motifs is 1. The number of piperidine rings is 1. The molecule has 1 fully saturated rings. The van der Waals surface area contributed by atoms with E-state index < -0.39 is 0 Å². The Balaban J connectivity index is 0.00000110. The van der Waals surface area contributed by atoms with E-state index in [1.54, 1.807) is 6.20 Å². The lowest BCUT2D eigenvalue weighted by Gasteiger charge is -2.22. The zero-order valence-electron chi connectivity index (χ0n) is 11.6. The van der Waals surface area contributed by atoms with Crippen molar-refractivity contribution < 1.29 is 4.79 Å². The lowest BCUT2D eigenvalue weighted by Crippen LogP contribution is -2.38. The smallest absolute Gasteiger partial charge is 0.252 e. The third kappa shape index (κ3) is 4.33. The minimum Gasteiger partial charge on any atom is -0.352 e. The fraction of sp³-hybridized carbons (Fsp3) is 0.429. The molecular weight excluding hydrogens is 311 g/mol. The van der Waals surface area contributed by atoms with Gasteiger partial charge in [-0.05, 0) is 44.0 Å². The third-order valence-electron chi connectivity index (χ3n) is 3.60. The van der Waals surface area contributed by atoms with Crippen LogP contribution in [0.3, 0.4) is 0 Å². The highest BCUT2D eigenvalue weighted by molar-refractivity contribution is 5.94. The first kappa shape index (κ1) is 17.8. The van der Waals surface area contributed by atoms with Gasteiger partial charge in [0, 0.05) is 25.1 Å². The number of carbonyl (C=O) groups excluding carboxylic acids is 1. The zero-order valence-corrected chi connectivity index (χ0v) is 13.3. The Hall–Kier alpha value is -1.30. The van der Waals surface area contributed by atoms with Gasteiger partial charge in [0.15, 0.2) is 0 Å². The zero-order chi connectivity index (χ0) is 13.1. The van der Waals surface area contributed by atoms with E-state index >= 15 is 0 Å². The van der Waals surface area contributed by atoms with Gasteiger partial charge in [-0.25, -0.2) is 4.98 Å². The van der Waals surface area contributed by atoms with Crippen molar-refractivity contribution in [1.29, 1.82) is 0 Å². The van der Waals surface area contributed by atoms with Crippen LogP contribution in [-0.2, 0) is 0 Å². The number of nitrogens with one attached hydrogen (secondary N) is 2. The summed E-state index contributed by atoms with van der Waals surface area (Å²) >= 11 is 0. The molecule has 0 radical (unpaired) electrons. The first-order valence-electron chi connectivity index (χ1n) is 6.74. The molecular formula is C14H20Cl2N4O. The van der Waals surface area contributed by atoms with Crippen LogP contribution in [0.5, 0.6) is 0 Å². The monoisotopic (exact) mass is 330 g/mol. The first-order chi connectivity index (χ1) is 9.33. The van der Waals surface area contributed by atoms with Gasteiger partial charge in [-0.1, -0.05) is 0 Å². The van der Waals surface area contributed by atoms with Gasteiger partial charge in [0.2, 0.25) is 0 Å². The van der Waals surface area contributed by atoms with Crippen LogP contribution < -0.4 is 10.6 Å². The predicted octanol–water partition coefficient (Wildman–Crippen LogP) is 1.91. The molecule has 3 heterocycles. The molecule has 2 aromatic heterocycles. The van der Waals surface area contributed by atoms with Crippen molar-refractivity contribution in [2.75, 3.05) is 19.6 Å². The number of halogens is 2. The van der Waals surface area contributed by atoms with E-state index in [9.17, 15) is 4.79 Å². The predicted molar refractivity (Wildman–Crippen MR) is 87.6 cm³/mol. The molecule has 1 aliphatic heterocycles. The quantitative estimate of drug-likeness (QED) is 0.903. The second kappa shape index (κ2) is 8.22. The Kier molecular flexibility index (Phi) is 6.95. The van der Waals surface area contributed by atoms with Crippen molar-refractivity contribution in [3.05, 3.63) is 36.3 Å². The Morgan fingerprint density at radius 3 is 3.05 bits per heavy atom. The molecule has 1 amide bonds. The molecule has 0 saturated carbocycles. The summed E-state index contributed by atoms with van der Waals surface area (Å²) in [6.45, 7) is 2.84. The van der Waals surface area contributed by atoms with Gasteiger partial charge in [-0.3, -0.25) is 4.79 Å². The fourth-order valence-electron chi connectivity index (χ4n) is 2.49. The molecule has 116 valence electrons. The second-order valence-corrected chi connectivity index (χ2v) is 5.03. The number of aromatic nitrogens is 2. The highest BCUT2D eigenvalue weighted by Gasteiger charge is 2.14. The molecule has 0 aliphatic carbocycles. The minimum atomic E-state index is -0.0128. The van der Waals surface area contributed by atoms with Crippen molar-refractivity contribution in [1.82, 2.24) is 20.0 Å². The lowest BCUT2D eigenvalue weighted by molar-refractivity contribution is 0.0944. The lowest BCUT2D eigenvalue weighted by atomic mass is 10.00. The molecule has 2 N–H and O–H groups in total. The number of hydrogen-bond acceptors (Lipinski definition) is 3. The molecule has 0 aromatic carbocycles. The number of hydrogen-bond donors (Lipinski definition) is 2. The summed E-state index contributed by atoms with van der Waals surface area (Å²) in [5.41, 5.74) is 1.53. The van der Waals surface area contributed by atoms with E-state index in [0.717, 1.165) is 25.3 Å². The van der Waals surface area contributed by atoms with Gasteiger partial charge < -0.3 is 15.0 Å². The molecule has 0 spiro atoms. The molecule has 2 aromatic rings. The second-order valence-electron chi connectivity index (χ2n) is 5.03. The highest BCUT2D eigenvalue weighted by Crippen LogP contribution is 2.09. The molecule has 1 saturated heterocycles. The van der Waals surface area contributed by atoms with Crippen molar-refractivity contribution in [2.45, 2.75) is 12.8 Å². The summed E-state index contributed by atoms with van der Waals surface area (Å²) in [7, 11) is 0. The van der Waals surface area contributed by atoms with E-state index in [0.29, 0.717) is 11.5 Å². The highest BCUT2D eigenvalue weighted by atomic mass is 35.5. The van der Waals surface area contributed by atoms with Crippen molar-refractivity contribution in [3.63, 3.8) is 0 Å². The number of rotatable bonds is 3. The van der Waals surface area contributed by atoms with E-state index in [4.69, 9.17) is 0 Å². The van der Waals surface area contributed by atoms with Crippen molar-refractivity contribution >= 4 is 36.4 Å². The SMILES string of the molecule is Cl.Cl.O=C(NCC1CCCNC1)c1ccc2nccn2c1. The number of amides is 1. The Labute approximate surface area is 136 Å². The van der Waals surface area contributed by atoms with E-state index in [-0.39, 0.29) is 30.7 Å². The maximum Gasteiger partial charge on any atom is 0.252 e. The van der Waals surface area contributed by atoms with Gasteiger partial charge in [0.05, 0.1) is 5.56 Å². The minimum absolute atomic E-state index is 0. The van der Waals surface area contributed by atoms with E-state index in [1.807, 2.05) is 28.9 Å². The summed E-state index contributed by atoms with van der Waals surface area (Å²) in [5, 5.41) is 6.37. The summed E-state index contributed by atoms with van der Waals surface area (Å²) in [4.78, 5) is 16.2. The molecule has 0 bridgehead atoms. The number of nitrogens with zero attached hydrogens (tertiary/aromatic N) is 2. The molecule has 1 unspecified atom stereocenters. The van der Waals surface area contributed by atoms with Gasteiger partial charge >= 0.3 is 0 Å². The van der Waals surface area contributed by atoms with Crippen LogP contribution in [0.1, 0.15) is 23.2 Å². The van der Waals surface area contributed by atoms with Crippen molar-refractivity contribution in [2.24, 2.45) is 5.92 Å². The van der Waals surface area contributed by atoms with Crippen LogP contribution in [0.25, 0.3) is 5.65 Å². The maximum absolute atomic E-state index is 12.1. The van der Waals surface area contributed by atoms with Gasteiger partial charge in [-0.2, -0.15) is 0 Å². The maximum atomic E-state index is 12.1.